The van der Waals surface area contributed by atoms with E-state index < -0.39 is 37.0 Å². The smallest absolute Gasteiger partial charge is 0.407 e. The number of alkyl carbamates (subject to hydrolysis) is 2. The van der Waals surface area contributed by atoms with Crippen LogP contribution in [0.3, 0.4) is 0 Å². The average molecular weight is 1220 g/mol. The molecule has 22 heteroatoms. The molecular weight excluding hydrogens is 1110 g/mol. The summed E-state index contributed by atoms with van der Waals surface area (Å²) in [6.07, 6.45) is 14.0. The number of unbranched alkanes of at least 4 members (excludes halogenated alkanes) is 2. The zero-order valence-electron chi connectivity index (χ0n) is 52.8. The summed E-state index contributed by atoms with van der Waals surface area (Å²) in [5.41, 5.74) is 5.99. The van der Waals surface area contributed by atoms with Crippen LogP contribution < -0.4 is 10.6 Å². The predicted molar refractivity (Wildman–Crippen MR) is 337 cm³/mol. The Morgan fingerprint density at radius 1 is 0.759 bits per heavy atom. The summed E-state index contributed by atoms with van der Waals surface area (Å²) in [5.74, 6) is 0.311. The Balaban J connectivity index is -0.000000294. The number of aliphatic hydroxyl groups is 5. The van der Waals surface area contributed by atoms with Crippen LogP contribution in [0.1, 0.15) is 137 Å². The van der Waals surface area contributed by atoms with Gasteiger partial charge in [-0.2, -0.15) is 0 Å². The highest BCUT2D eigenvalue weighted by molar-refractivity contribution is 8.21. The van der Waals surface area contributed by atoms with E-state index in [9.17, 15) is 19.2 Å². The van der Waals surface area contributed by atoms with E-state index in [1.807, 2.05) is 52.8 Å². The van der Waals surface area contributed by atoms with Gasteiger partial charge in [0, 0.05) is 50.9 Å². The zero-order valence-corrected chi connectivity index (χ0v) is 54.6. The van der Waals surface area contributed by atoms with Crippen molar-refractivity contribution in [1.29, 1.82) is 0 Å². The molecule has 482 valence electrons. The van der Waals surface area contributed by atoms with Crippen LogP contribution in [0.25, 0.3) is 5.57 Å². The summed E-state index contributed by atoms with van der Waals surface area (Å²) >= 11 is 0. The first kappa shape index (κ1) is 86.8. The van der Waals surface area contributed by atoms with E-state index in [1.165, 1.54) is 42.0 Å². The van der Waals surface area contributed by atoms with E-state index >= 15 is 0 Å². The van der Waals surface area contributed by atoms with Crippen LogP contribution in [0.5, 0.6) is 0 Å². The van der Waals surface area contributed by atoms with Crippen molar-refractivity contribution in [3.63, 3.8) is 0 Å². The Kier molecular flexibility index (Phi) is 58.8. The molecule has 0 heterocycles. The number of hydrogen-bond donors (Lipinski definition) is 7. The molecule has 0 spiro atoms. The molecule has 2 atom stereocenters. The number of benzene rings is 1. The van der Waals surface area contributed by atoms with Gasteiger partial charge in [-0.3, -0.25) is 12.5 Å². The molecule has 0 aliphatic heterocycles. The van der Waals surface area contributed by atoms with Crippen molar-refractivity contribution in [2.45, 2.75) is 138 Å². The maximum atomic E-state index is 11.8. The maximum absolute atomic E-state index is 11.8. The molecule has 83 heavy (non-hydrogen) atoms. The molecule has 1 aromatic carbocycles. The third-order valence-corrected chi connectivity index (χ3v) is 15.9. The lowest BCUT2D eigenvalue weighted by molar-refractivity contribution is -0.139. The minimum absolute atomic E-state index is 0.0799. The van der Waals surface area contributed by atoms with Crippen LogP contribution in [0.15, 0.2) is 104 Å². The first-order chi connectivity index (χ1) is 39.2. The molecule has 0 fully saturated rings. The Bertz CT molecular complexity index is 1940. The van der Waals surface area contributed by atoms with Crippen molar-refractivity contribution in [2.24, 2.45) is 5.92 Å². The SMILES string of the molecule is C=C(C)C(=O)OCCCC(O)CO.C=C(C)C(=O)OCCCS(OC)(OC)OC.C=C(C)CCO.C=C(C)c1cccc(C(C)(C)NC(=O)OCCCC)c1.C=CCNC(=O)OCCCC.C=C[Si](CO)(OC)OC.OCC1CC=CCC1. The summed E-state index contributed by atoms with van der Waals surface area (Å²) in [4.78, 5) is 44.4. The highest BCUT2D eigenvalue weighted by Gasteiger charge is 2.30. The average Bonchev–Trinajstić information content (AvgIpc) is 3.52. The molecule has 0 saturated heterocycles. The lowest BCUT2D eigenvalue weighted by Gasteiger charge is -2.33. The zero-order chi connectivity index (χ0) is 64.7. The van der Waals surface area contributed by atoms with Gasteiger partial charge in [0.05, 0.1) is 83.1 Å². The monoisotopic (exact) mass is 1220 g/mol. The topological polar surface area (TPSA) is 277 Å². The van der Waals surface area contributed by atoms with Crippen molar-refractivity contribution < 1.29 is 85.1 Å². The number of aliphatic hydroxyl groups excluding tert-OH is 5. The molecule has 1 aliphatic carbocycles. The van der Waals surface area contributed by atoms with E-state index in [2.05, 4.69) is 75.2 Å². The van der Waals surface area contributed by atoms with Gasteiger partial charge in [0.2, 0.25) is 0 Å². The van der Waals surface area contributed by atoms with E-state index in [4.69, 9.17) is 65.9 Å². The van der Waals surface area contributed by atoms with Crippen LogP contribution >= 0.6 is 10.9 Å². The number of amides is 2. The Labute approximate surface area is 502 Å². The van der Waals surface area contributed by atoms with Gasteiger partial charge in [0.15, 0.2) is 0 Å². The van der Waals surface area contributed by atoms with Gasteiger partial charge in [0.1, 0.15) is 0 Å². The molecule has 1 aromatic rings. The van der Waals surface area contributed by atoms with Crippen LogP contribution in [-0.4, -0.2) is 165 Å². The van der Waals surface area contributed by atoms with Crippen LogP contribution in [-0.2, 0) is 55.5 Å². The summed E-state index contributed by atoms with van der Waals surface area (Å²) in [7, 11) is 3.29. The quantitative estimate of drug-likeness (QED) is 0.00882. The molecule has 2 rings (SSSR count). The Morgan fingerprint density at radius 2 is 1.28 bits per heavy atom. The van der Waals surface area contributed by atoms with Crippen molar-refractivity contribution in [3.8, 4) is 0 Å². The number of nitrogens with one attached hydrogen (secondary N) is 2. The fourth-order valence-corrected chi connectivity index (χ4v) is 7.96. The van der Waals surface area contributed by atoms with Crippen molar-refractivity contribution >= 4 is 49.1 Å². The molecule has 1 aliphatic rings. The van der Waals surface area contributed by atoms with Crippen LogP contribution in [0.4, 0.5) is 9.59 Å². The van der Waals surface area contributed by atoms with Gasteiger partial charge in [-0.15, -0.1) is 19.7 Å². The number of ether oxygens (including phenoxy) is 4. The van der Waals surface area contributed by atoms with Gasteiger partial charge in [-0.1, -0.05) is 94.0 Å². The van der Waals surface area contributed by atoms with E-state index in [0.717, 1.165) is 67.2 Å². The molecule has 0 bridgehead atoms. The van der Waals surface area contributed by atoms with Crippen molar-refractivity contribution in [3.05, 3.63) is 116 Å². The summed E-state index contributed by atoms with van der Waals surface area (Å²) in [6, 6.07) is 8.04. The van der Waals surface area contributed by atoms with E-state index in [-0.39, 0.29) is 44.2 Å². The first-order valence-electron chi connectivity index (χ1n) is 27.7. The number of carbonyl (C=O) groups excluding carboxylic acids is 4. The Hall–Kier alpha value is -4.95. The number of allylic oxidation sites excluding steroid dienone is 3. The molecule has 2 unspecified atom stereocenters. The second-order valence-corrected chi connectivity index (χ2v) is 24.7. The highest BCUT2D eigenvalue weighted by Crippen LogP contribution is 2.49. The fraction of sp³-hybridized carbons (Fsp3) is 0.607. The minimum Gasteiger partial charge on any atom is -0.462 e. The van der Waals surface area contributed by atoms with Gasteiger partial charge in [-0.05, 0) is 128 Å². The molecule has 7 N–H and O–H groups in total. The second kappa shape index (κ2) is 56.2. The molecule has 20 nitrogen and oxygen atoms in total. The largest absolute Gasteiger partial charge is 0.462 e. The minimum atomic E-state index is -2.37. The highest BCUT2D eigenvalue weighted by atomic mass is 32.3. The molecule has 0 radical (unpaired) electrons. The van der Waals surface area contributed by atoms with Crippen molar-refractivity contribution in [1.82, 2.24) is 10.6 Å². The maximum Gasteiger partial charge on any atom is 0.407 e. The summed E-state index contributed by atoms with van der Waals surface area (Å²) in [5, 5.41) is 48.4. The van der Waals surface area contributed by atoms with Crippen LogP contribution in [0.2, 0.25) is 0 Å². The Morgan fingerprint density at radius 3 is 1.63 bits per heavy atom. The standard InChI is InChI=1S/C17H25NO2.C10H20O5S.C9H16O4.C8H15NO2.C7H12O.C5H12O3Si.C5H10O/c1-6-7-11-20-16(19)18-17(4,5)15-10-8-9-14(12-15)13(2)3;1-9(2)10(11)15-7-6-8-16(12-3,13-4)14-5;1-7(2)9(12)13-5-3-4-8(11)6-10;1-3-5-7-11-8(10)9-6-4-2;8-6-7-4-2-1-3-5-7;1-4-9(5-6,7-2)8-3;1-5(2)3-4-6/h8-10,12H,2,6-7,11H2,1,3-5H3,(H,18,19);1,6-8H2,2-5H3;8,10-11H,1,3-6H2,2H3;4H,2-3,5-7H2,1H3,(H,9,10);1-2,7-8H,3-6H2;4,6H,1,5H2,2-3H3;6H,1,3-4H2,2H3. The van der Waals surface area contributed by atoms with Crippen LogP contribution in [0, 0.1) is 5.92 Å². The van der Waals surface area contributed by atoms with Gasteiger partial charge < -0.3 is 64.0 Å². The molecular formula is C61H110N2O18SSi. The summed E-state index contributed by atoms with van der Waals surface area (Å²) in [6.45, 7) is 38.8. The third kappa shape index (κ3) is 50.1. The van der Waals surface area contributed by atoms with E-state index in [0.29, 0.717) is 75.1 Å². The first-order valence-corrected chi connectivity index (χ1v) is 31.4. The molecule has 2 amide bonds. The van der Waals surface area contributed by atoms with Gasteiger partial charge >= 0.3 is 32.7 Å². The molecule has 0 aromatic heterocycles. The molecule has 0 saturated carbocycles. The lowest BCUT2D eigenvalue weighted by atomic mass is 9.92. The fourth-order valence-electron chi connectivity index (χ4n) is 5.69. The van der Waals surface area contributed by atoms with E-state index in [1.54, 1.807) is 25.6 Å². The normalized spacial score (nSPS) is 12.7. The van der Waals surface area contributed by atoms with Gasteiger partial charge in [0.25, 0.3) is 0 Å². The number of hydrogen-bond acceptors (Lipinski definition) is 18. The second-order valence-electron chi connectivity index (χ2n) is 19.0. The number of rotatable bonds is 32. The lowest BCUT2D eigenvalue weighted by Crippen LogP contribution is -2.42. The van der Waals surface area contributed by atoms with Crippen molar-refractivity contribution in [2.75, 3.05) is 100 Å². The number of esters is 2. The van der Waals surface area contributed by atoms with Gasteiger partial charge in [-0.25, -0.2) is 19.2 Å². The number of carbonyl (C=O) groups is 4. The summed E-state index contributed by atoms with van der Waals surface area (Å²) < 4.78 is 45.0. The third-order valence-electron chi connectivity index (χ3n) is 11.1. The predicted octanol–water partition coefficient (Wildman–Crippen LogP) is 10.7.